The van der Waals surface area contributed by atoms with E-state index in [1.807, 2.05) is 11.8 Å². The van der Waals surface area contributed by atoms with E-state index in [1.54, 1.807) is 18.3 Å². The molecule has 2 aliphatic heterocycles. The highest BCUT2D eigenvalue weighted by Gasteiger charge is 2.59. The molecule has 3 unspecified atom stereocenters. The topological polar surface area (TPSA) is 65.6 Å². The minimum Gasteiger partial charge on any atom is -0.494 e. The molecule has 2 N–H and O–H groups in total. The summed E-state index contributed by atoms with van der Waals surface area (Å²) >= 11 is 0. The molecule has 3 atom stereocenters. The third-order valence-electron chi connectivity index (χ3n) is 7.32. The highest BCUT2D eigenvalue weighted by atomic mass is 19.1. The second-order valence-electron chi connectivity index (χ2n) is 9.55. The van der Waals surface area contributed by atoms with E-state index in [1.165, 1.54) is 7.11 Å². The third kappa shape index (κ3) is 2.43. The molecule has 2 saturated heterocycles. The number of hydrogen-bond donors (Lipinski definition) is 2. The fraction of sp³-hybridized carbons (Fsp3) is 0.591. The fourth-order valence-corrected chi connectivity index (χ4v) is 6.50. The van der Waals surface area contributed by atoms with E-state index >= 15 is 0 Å². The van der Waals surface area contributed by atoms with Gasteiger partial charge in [0.15, 0.2) is 11.6 Å². The number of nitrogens with one attached hydrogen (secondary N) is 1. The number of nitrogens with zero attached hydrogens (tertiary/aromatic N) is 1. The van der Waals surface area contributed by atoms with Crippen molar-refractivity contribution >= 4 is 16.8 Å². The summed E-state index contributed by atoms with van der Waals surface area (Å²) in [7, 11) is 1.44. The lowest BCUT2D eigenvalue weighted by atomic mass is 9.54. The van der Waals surface area contributed by atoms with Crippen LogP contribution in [-0.4, -0.2) is 45.7 Å². The van der Waals surface area contributed by atoms with Gasteiger partial charge < -0.3 is 19.7 Å². The van der Waals surface area contributed by atoms with Crippen LogP contribution in [0.3, 0.4) is 0 Å². The van der Waals surface area contributed by atoms with Gasteiger partial charge in [-0.05, 0) is 62.1 Å². The Hall–Kier alpha value is -2.08. The van der Waals surface area contributed by atoms with E-state index in [0.29, 0.717) is 29.3 Å². The van der Waals surface area contributed by atoms with Gasteiger partial charge in [-0.3, -0.25) is 4.79 Å². The molecule has 1 aromatic carbocycles. The highest BCUT2D eigenvalue weighted by Crippen LogP contribution is 2.58. The van der Waals surface area contributed by atoms with E-state index in [4.69, 9.17) is 4.74 Å². The molecule has 4 aliphatic rings. The number of ether oxygens (including phenoxy) is 1. The maximum absolute atomic E-state index is 14.9. The number of aromatic amines is 1. The SMILES string of the molecule is COc1ccc2[nH]cc(C(C)C(=O)N3C4CC5(C)CC3CC(O)(C4)C5)c2c1F. The smallest absolute Gasteiger partial charge is 0.230 e. The standard InChI is InChI=1S/C22H27FN2O3/c1-12(15-10-24-16-4-5-17(28-3)19(23)18(15)16)20(26)25-13-6-21(2)7-14(25)9-22(27,8-13)11-21/h4-5,10,12-14,24,27H,6-9,11H2,1-3H3. The number of piperidine rings is 2. The molecule has 0 radical (unpaired) electrons. The molecule has 2 aliphatic carbocycles. The van der Waals surface area contributed by atoms with E-state index in [2.05, 4.69) is 11.9 Å². The normalized spacial score (nSPS) is 34.8. The van der Waals surface area contributed by atoms with Crippen LogP contribution in [0, 0.1) is 11.2 Å². The molecule has 6 rings (SSSR count). The van der Waals surface area contributed by atoms with Gasteiger partial charge in [0.25, 0.3) is 0 Å². The molecule has 6 heteroatoms. The number of methoxy groups -OCH3 is 1. The Morgan fingerprint density at radius 3 is 2.61 bits per heavy atom. The fourth-order valence-electron chi connectivity index (χ4n) is 6.50. The number of hydrogen-bond acceptors (Lipinski definition) is 3. The van der Waals surface area contributed by atoms with Crippen molar-refractivity contribution in [1.82, 2.24) is 9.88 Å². The zero-order valence-electron chi connectivity index (χ0n) is 16.6. The maximum Gasteiger partial charge on any atom is 0.230 e. The van der Waals surface area contributed by atoms with Crippen LogP contribution in [0.15, 0.2) is 18.3 Å². The van der Waals surface area contributed by atoms with Gasteiger partial charge in [0, 0.05) is 29.2 Å². The van der Waals surface area contributed by atoms with Gasteiger partial charge in [0.1, 0.15) is 0 Å². The summed E-state index contributed by atoms with van der Waals surface area (Å²) in [6, 6.07) is 3.52. The molecule has 0 spiro atoms. The molecule has 3 heterocycles. The minimum atomic E-state index is -0.624. The summed E-state index contributed by atoms with van der Waals surface area (Å²) in [5, 5.41) is 11.3. The van der Waals surface area contributed by atoms with Crippen molar-refractivity contribution in [3.8, 4) is 5.75 Å². The van der Waals surface area contributed by atoms with Gasteiger partial charge in [-0.25, -0.2) is 4.39 Å². The third-order valence-corrected chi connectivity index (χ3v) is 7.32. The summed E-state index contributed by atoms with van der Waals surface area (Å²) in [4.78, 5) is 18.6. The average Bonchev–Trinajstić information content (AvgIpc) is 3.03. The van der Waals surface area contributed by atoms with Crippen LogP contribution < -0.4 is 4.74 Å². The van der Waals surface area contributed by atoms with Crippen LogP contribution in [0.4, 0.5) is 4.39 Å². The molecule has 28 heavy (non-hydrogen) atoms. The van der Waals surface area contributed by atoms with E-state index < -0.39 is 17.3 Å². The Morgan fingerprint density at radius 1 is 1.32 bits per heavy atom. The van der Waals surface area contributed by atoms with Gasteiger partial charge in [-0.1, -0.05) is 6.92 Å². The predicted octanol–water partition coefficient (Wildman–Crippen LogP) is 3.71. The van der Waals surface area contributed by atoms with Gasteiger partial charge >= 0.3 is 0 Å². The Bertz CT molecular complexity index is 932. The van der Waals surface area contributed by atoms with Crippen molar-refractivity contribution in [3.05, 3.63) is 29.7 Å². The number of carbonyl (C=O) groups excluding carboxylic acids is 1. The highest BCUT2D eigenvalue weighted by molar-refractivity contribution is 5.93. The van der Waals surface area contributed by atoms with E-state index in [0.717, 1.165) is 19.3 Å². The van der Waals surface area contributed by atoms with Crippen molar-refractivity contribution in [2.75, 3.05) is 7.11 Å². The Kier molecular flexibility index (Phi) is 3.67. The number of rotatable bonds is 3. The Labute approximate surface area is 163 Å². The zero-order chi connectivity index (χ0) is 19.8. The molecule has 1 aromatic heterocycles. The molecule has 4 bridgehead atoms. The molecular weight excluding hydrogens is 359 g/mol. The lowest BCUT2D eigenvalue weighted by molar-refractivity contribution is -0.193. The number of carbonyl (C=O) groups is 1. The Morgan fingerprint density at radius 2 is 2.00 bits per heavy atom. The van der Waals surface area contributed by atoms with Crippen molar-refractivity contribution in [2.24, 2.45) is 5.41 Å². The van der Waals surface area contributed by atoms with Crippen LogP contribution in [0.2, 0.25) is 0 Å². The number of halogens is 1. The van der Waals surface area contributed by atoms with Crippen LogP contribution >= 0.6 is 0 Å². The second kappa shape index (κ2) is 5.72. The van der Waals surface area contributed by atoms with Crippen LogP contribution in [0.25, 0.3) is 10.9 Å². The number of amides is 1. The van der Waals surface area contributed by atoms with Gasteiger partial charge in [-0.15, -0.1) is 0 Å². The number of benzene rings is 1. The van der Waals surface area contributed by atoms with Crippen molar-refractivity contribution in [3.63, 3.8) is 0 Å². The first-order chi connectivity index (χ1) is 13.2. The summed E-state index contributed by atoms with van der Waals surface area (Å²) < 4.78 is 20.0. The van der Waals surface area contributed by atoms with Crippen LogP contribution in [-0.2, 0) is 4.79 Å². The van der Waals surface area contributed by atoms with E-state index in [-0.39, 0.29) is 29.2 Å². The summed E-state index contributed by atoms with van der Waals surface area (Å²) in [6.07, 6.45) is 5.79. The second-order valence-corrected chi connectivity index (χ2v) is 9.55. The van der Waals surface area contributed by atoms with Crippen LogP contribution in [0.1, 0.15) is 57.4 Å². The monoisotopic (exact) mass is 386 g/mol. The first-order valence-corrected chi connectivity index (χ1v) is 10.1. The molecule has 5 nitrogen and oxygen atoms in total. The Balaban J connectivity index is 1.49. The number of aromatic nitrogens is 1. The quantitative estimate of drug-likeness (QED) is 0.845. The number of fused-ring (bicyclic) bond motifs is 1. The molecular formula is C22H27FN2O3. The lowest BCUT2D eigenvalue weighted by Crippen LogP contribution is -2.68. The van der Waals surface area contributed by atoms with Crippen molar-refractivity contribution < 1.29 is 19.0 Å². The lowest BCUT2D eigenvalue weighted by Gasteiger charge is -2.63. The van der Waals surface area contributed by atoms with Gasteiger partial charge in [-0.2, -0.15) is 0 Å². The van der Waals surface area contributed by atoms with E-state index in [9.17, 15) is 14.3 Å². The minimum absolute atomic E-state index is 0.0316. The van der Waals surface area contributed by atoms with Crippen molar-refractivity contribution in [1.29, 1.82) is 0 Å². The van der Waals surface area contributed by atoms with Gasteiger partial charge in [0.05, 0.1) is 18.6 Å². The van der Waals surface area contributed by atoms with Crippen LogP contribution in [0.5, 0.6) is 5.75 Å². The first kappa shape index (κ1) is 18.0. The summed E-state index contributed by atoms with van der Waals surface area (Å²) in [5.41, 5.74) is 0.826. The molecule has 150 valence electrons. The summed E-state index contributed by atoms with van der Waals surface area (Å²) in [6.45, 7) is 4.09. The maximum atomic E-state index is 14.9. The average molecular weight is 386 g/mol. The predicted molar refractivity (Wildman–Crippen MR) is 104 cm³/mol. The molecule has 2 aromatic rings. The molecule has 4 fully saturated rings. The zero-order valence-corrected chi connectivity index (χ0v) is 16.6. The number of aliphatic hydroxyl groups is 1. The van der Waals surface area contributed by atoms with Gasteiger partial charge in [0.2, 0.25) is 5.91 Å². The summed E-state index contributed by atoms with van der Waals surface area (Å²) in [5.74, 6) is -0.685. The van der Waals surface area contributed by atoms with Crippen molar-refractivity contribution in [2.45, 2.75) is 69.6 Å². The first-order valence-electron chi connectivity index (χ1n) is 10.1. The number of H-pyrrole nitrogens is 1. The molecule has 1 amide bonds. The molecule has 2 saturated carbocycles. The largest absolute Gasteiger partial charge is 0.494 e.